The van der Waals surface area contributed by atoms with Crippen molar-refractivity contribution in [1.29, 1.82) is 0 Å². The van der Waals surface area contributed by atoms with Crippen molar-refractivity contribution in [1.82, 2.24) is 13.6 Å². The molecule has 2 aromatic rings. The van der Waals surface area contributed by atoms with Crippen molar-refractivity contribution in [2.24, 2.45) is 0 Å². The molecule has 0 aliphatic heterocycles. The van der Waals surface area contributed by atoms with E-state index in [1.165, 1.54) is 4.90 Å². The van der Waals surface area contributed by atoms with Gasteiger partial charge in [-0.25, -0.2) is 0 Å². The molecule has 0 fully saturated rings. The van der Waals surface area contributed by atoms with E-state index in [9.17, 15) is 9.59 Å². The number of likely N-dealkylation sites (N-methyl/N-ethyl adjacent to an activating group) is 1. The van der Waals surface area contributed by atoms with Gasteiger partial charge in [0.05, 0.1) is 24.0 Å². The Labute approximate surface area is 125 Å². The first-order chi connectivity index (χ1) is 10.0. The van der Waals surface area contributed by atoms with Gasteiger partial charge >= 0.3 is 5.97 Å². The van der Waals surface area contributed by atoms with E-state index in [-0.39, 0.29) is 12.5 Å². The highest BCUT2D eigenvalue weighted by molar-refractivity contribution is 7.00. The topological polar surface area (TPSA) is 95.4 Å². The van der Waals surface area contributed by atoms with Crippen molar-refractivity contribution >= 4 is 40.3 Å². The number of aromatic nitrogens is 2. The predicted octanol–water partition coefficient (Wildman–Crippen LogP) is 1.42. The molecule has 0 bridgehead atoms. The smallest absolute Gasteiger partial charge is 0.320 e. The molecule has 112 valence electrons. The normalized spacial score (nSPS) is 12.5. The predicted molar refractivity (Wildman–Crippen MR) is 80.4 cm³/mol. The molecule has 0 saturated carbocycles. The summed E-state index contributed by atoms with van der Waals surface area (Å²) < 4.78 is 8.24. The monoisotopic (exact) mass is 308 g/mol. The van der Waals surface area contributed by atoms with E-state index in [0.29, 0.717) is 17.6 Å². The SMILES string of the molecule is CCC(C(=O)O)N(C)CC(=O)Nc1cccc2nsnc12. The molecular formula is C13H16N4O3S. The number of nitrogens with one attached hydrogen (secondary N) is 1. The van der Waals surface area contributed by atoms with Crippen LogP contribution in [0.2, 0.25) is 0 Å². The number of anilines is 1. The van der Waals surface area contributed by atoms with Crippen LogP contribution < -0.4 is 5.32 Å². The minimum Gasteiger partial charge on any atom is -0.480 e. The molecule has 0 spiro atoms. The first-order valence-corrected chi connectivity index (χ1v) is 7.20. The van der Waals surface area contributed by atoms with Crippen molar-refractivity contribution < 1.29 is 14.7 Å². The highest BCUT2D eigenvalue weighted by Crippen LogP contribution is 2.21. The van der Waals surface area contributed by atoms with Crippen LogP contribution in [-0.4, -0.2) is 50.3 Å². The zero-order valence-electron chi connectivity index (χ0n) is 11.7. The van der Waals surface area contributed by atoms with Gasteiger partial charge in [0.25, 0.3) is 0 Å². The summed E-state index contributed by atoms with van der Waals surface area (Å²) in [6, 6.07) is 4.68. The Kier molecular flexibility index (Phi) is 4.81. The molecule has 1 aromatic heterocycles. The van der Waals surface area contributed by atoms with E-state index in [4.69, 9.17) is 5.11 Å². The fourth-order valence-electron chi connectivity index (χ4n) is 2.11. The molecule has 1 unspecified atom stereocenters. The lowest BCUT2D eigenvalue weighted by molar-refractivity contribution is -0.143. The lowest BCUT2D eigenvalue weighted by Gasteiger charge is -2.22. The summed E-state index contributed by atoms with van der Waals surface area (Å²) >= 11 is 1.08. The third-order valence-corrected chi connectivity index (χ3v) is 3.70. The number of fused-ring (bicyclic) bond motifs is 1. The summed E-state index contributed by atoms with van der Waals surface area (Å²) in [5.74, 6) is -1.21. The van der Waals surface area contributed by atoms with Crippen LogP contribution in [0.15, 0.2) is 18.2 Å². The van der Waals surface area contributed by atoms with Crippen LogP contribution >= 0.6 is 11.7 Å². The van der Waals surface area contributed by atoms with Crippen LogP contribution in [0.3, 0.4) is 0 Å². The lowest BCUT2D eigenvalue weighted by Crippen LogP contribution is -2.42. The number of carbonyl (C=O) groups excluding carboxylic acids is 1. The molecule has 2 N–H and O–H groups in total. The molecule has 0 radical (unpaired) electrons. The fraction of sp³-hybridized carbons (Fsp3) is 0.385. The number of benzene rings is 1. The van der Waals surface area contributed by atoms with Crippen molar-refractivity contribution in [3.8, 4) is 0 Å². The minimum absolute atomic E-state index is 0.00123. The summed E-state index contributed by atoms with van der Waals surface area (Å²) in [6.45, 7) is 1.77. The number of hydrogen-bond donors (Lipinski definition) is 2. The second kappa shape index (κ2) is 6.59. The molecule has 0 saturated heterocycles. The van der Waals surface area contributed by atoms with Gasteiger partial charge in [-0.3, -0.25) is 14.5 Å². The second-order valence-electron chi connectivity index (χ2n) is 4.66. The zero-order chi connectivity index (χ0) is 15.4. The van der Waals surface area contributed by atoms with Crippen LogP contribution in [0.4, 0.5) is 5.69 Å². The van der Waals surface area contributed by atoms with Crippen molar-refractivity contribution in [3.05, 3.63) is 18.2 Å². The number of aliphatic carboxylic acids is 1. The van der Waals surface area contributed by atoms with Crippen molar-refractivity contribution in [2.75, 3.05) is 18.9 Å². The largest absolute Gasteiger partial charge is 0.480 e. The average molecular weight is 308 g/mol. The molecule has 8 heteroatoms. The summed E-state index contributed by atoms with van der Waals surface area (Å²) in [5, 5.41) is 11.8. The number of carboxylic acids is 1. The Morgan fingerprint density at radius 2 is 2.19 bits per heavy atom. The summed E-state index contributed by atoms with van der Waals surface area (Å²) in [4.78, 5) is 24.6. The number of rotatable bonds is 6. The van der Waals surface area contributed by atoms with E-state index in [2.05, 4.69) is 14.1 Å². The molecule has 2 rings (SSSR count). The molecule has 1 amide bonds. The summed E-state index contributed by atoms with van der Waals surface area (Å²) in [5.41, 5.74) is 1.95. The maximum Gasteiger partial charge on any atom is 0.320 e. The maximum atomic E-state index is 12.0. The van der Waals surface area contributed by atoms with Crippen LogP contribution in [-0.2, 0) is 9.59 Å². The minimum atomic E-state index is -0.932. The van der Waals surface area contributed by atoms with Gasteiger partial charge in [-0.1, -0.05) is 13.0 Å². The Morgan fingerprint density at radius 3 is 2.86 bits per heavy atom. The molecule has 1 aromatic carbocycles. The summed E-state index contributed by atoms with van der Waals surface area (Å²) in [6.07, 6.45) is 0.435. The number of amides is 1. The van der Waals surface area contributed by atoms with Crippen LogP contribution in [0.5, 0.6) is 0 Å². The molecule has 21 heavy (non-hydrogen) atoms. The van der Waals surface area contributed by atoms with Gasteiger partial charge in [-0.05, 0) is 25.6 Å². The van der Waals surface area contributed by atoms with Crippen molar-refractivity contribution in [3.63, 3.8) is 0 Å². The van der Waals surface area contributed by atoms with Gasteiger partial charge in [0.15, 0.2) is 0 Å². The van der Waals surface area contributed by atoms with Gasteiger partial charge < -0.3 is 10.4 Å². The van der Waals surface area contributed by atoms with Gasteiger partial charge in [-0.15, -0.1) is 0 Å². The van der Waals surface area contributed by atoms with Crippen LogP contribution in [0.25, 0.3) is 11.0 Å². The van der Waals surface area contributed by atoms with Gasteiger partial charge in [0.1, 0.15) is 17.1 Å². The number of hydrogen-bond acceptors (Lipinski definition) is 6. The molecule has 1 atom stereocenters. The fourth-order valence-corrected chi connectivity index (χ4v) is 2.66. The average Bonchev–Trinajstić information content (AvgIpc) is 2.88. The quantitative estimate of drug-likeness (QED) is 0.838. The number of carboxylic acid groups (broad SMARTS) is 1. The van der Waals surface area contributed by atoms with E-state index < -0.39 is 12.0 Å². The van der Waals surface area contributed by atoms with E-state index in [0.717, 1.165) is 17.2 Å². The van der Waals surface area contributed by atoms with Crippen molar-refractivity contribution in [2.45, 2.75) is 19.4 Å². The molecule has 7 nitrogen and oxygen atoms in total. The zero-order valence-corrected chi connectivity index (χ0v) is 12.6. The molecule has 0 aliphatic rings. The lowest BCUT2D eigenvalue weighted by atomic mass is 10.2. The van der Waals surface area contributed by atoms with E-state index in [1.807, 2.05) is 6.07 Å². The molecular weight excluding hydrogens is 292 g/mol. The van der Waals surface area contributed by atoms with E-state index in [1.54, 1.807) is 26.1 Å². The number of nitrogens with zero attached hydrogens (tertiary/aromatic N) is 3. The van der Waals surface area contributed by atoms with Crippen LogP contribution in [0, 0.1) is 0 Å². The van der Waals surface area contributed by atoms with Crippen LogP contribution in [0.1, 0.15) is 13.3 Å². The standard InChI is InChI=1S/C13H16N4O3S/c1-3-10(13(19)20)17(2)7-11(18)14-8-5-4-6-9-12(8)16-21-15-9/h4-6,10H,3,7H2,1-2H3,(H,14,18)(H,19,20). The first-order valence-electron chi connectivity index (χ1n) is 6.47. The van der Waals surface area contributed by atoms with E-state index >= 15 is 0 Å². The maximum absolute atomic E-state index is 12.0. The molecule has 0 aliphatic carbocycles. The first kappa shape index (κ1) is 15.3. The highest BCUT2D eigenvalue weighted by Gasteiger charge is 2.22. The highest BCUT2D eigenvalue weighted by atomic mass is 32.1. The Balaban J connectivity index is 2.05. The van der Waals surface area contributed by atoms with Gasteiger partial charge in [0.2, 0.25) is 5.91 Å². The molecule has 1 heterocycles. The van der Waals surface area contributed by atoms with Gasteiger partial charge in [0, 0.05) is 0 Å². The Hall–Kier alpha value is -2.06. The second-order valence-corrected chi connectivity index (χ2v) is 5.19. The third-order valence-electron chi connectivity index (χ3n) is 3.16. The Morgan fingerprint density at radius 1 is 1.43 bits per heavy atom. The third kappa shape index (κ3) is 3.53. The number of carbonyl (C=O) groups is 2. The van der Waals surface area contributed by atoms with Gasteiger partial charge in [-0.2, -0.15) is 8.75 Å². The summed E-state index contributed by atoms with van der Waals surface area (Å²) in [7, 11) is 1.62. The Bertz CT molecular complexity index is 658.